The highest BCUT2D eigenvalue weighted by molar-refractivity contribution is 5.73. The number of aliphatic hydroxyl groups excluding tert-OH is 1. The number of esters is 1. The summed E-state index contributed by atoms with van der Waals surface area (Å²) in [6, 6.07) is -0.0125. The van der Waals surface area contributed by atoms with Crippen LogP contribution in [0.4, 0.5) is 0 Å². The van der Waals surface area contributed by atoms with Crippen molar-refractivity contribution in [1.82, 2.24) is 10.4 Å². The number of hydrogen-bond acceptors (Lipinski definition) is 7. The third kappa shape index (κ3) is 1.96. The molecule has 1 heterocycles. The highest BCUT2D eigenvalue weighted by Crippen LogP contribution is 2.34. The highest BCUT2D eigenvalue weighted by atomic mass is 16.6. The maximum absolute atomic E-state index is 11.2. The van der Waals surface area contributed by atoms with Gasteiger partial charge < -0.3 is 9.84 Å². The first-order chi connectivity index (χ1) is 8.56. The molecule has 1 aliphatic heterocycles. The fraction of sp³-hybridized carbons (Fsp3) is 0.500. The largest absolute Gasteiger partial charge is 0.513 e. The number of hydrogen-bond donors (Lipinski definition) is 2. The molecule has 0 radical (unpaired) electrons. The Hall–Kier alpha value is -2.25. The molecule has 0 bridgehead atoms. The van der Waals surface area contributed by atoms with Gasteiger partial charge in [-0.3, -0.25) is 25.3 Å². The van der Waals surface area contributed by atoms with Crippen LogP contribution in [0.25, 0.3) is 0 Å². The molecular weight excluding hydrogens is 242 g/mol. The van der Waals surface area contributed by atoms with E-state index in [0.717, 1.165) is 0 Å². The summed E-state index contributed by atoms with van der Waals surface area (Å²) in [5.41, 5.74) is 2.56. The Morgan fingerprint density at radius 1 is 1.72 bits per heavy atom. The number of rotatable bonds is 3. The summed E-state index contributed by atoms with van der Waals surface area (Å²) in [5.74, 6) is -0.418. The second kappa shape index (κ2) is 4.55. The lowest BCUT2D eigenvalue weighted by molar-refractivity contribution is -0.420. The number of nitrogens with zero attached hydrogens (tertiary/aromatic N) is 2. The summed E-state index contributed by atoms with van der Waals surface area (Å²) in [6.45, 7) is 0. The van der Waals surface area contributed by atoms with Gasteiger partial charge in [-0.25, -0.2) is 0 Å². The average molecular weight is 255 g/mol. The van der Waals surface area contributed by atoms with Crippen molar-refractivity contribution in [2.75, 3.05) is 7.11 Å². The van der Waals surface area contributed by atoms with Crippen molar-refractivity contribution in [3.8, 4) is 0 Å². The molecule has 0 unspecified atom stereocenters. The molecule has 0 aromatic heterocycles. The minimum Gasteiger partial charge on any atom is -0.513 e. The maximum Gasteiger partial charge on any atom is 0.314 e. The predicted octanol–water partition coefficient (Wildman–Crippen LogP) is 0.276. The number of ether oxygens (including phenoxy) is 1. The fourth-order valence-electron chi connectivity index (χ4n) is 2.04. The second-order valence-corrected chi connectivity index (χ2v) is 4.18. The number of nitrogens with one attached hydrogen (secondary N) is 1. The molecule has 8 heteroatoms. The van der Waals surface area contributed by atoms with E-state index < -0.39 is 4.92 Å². The second-order valence-electron chi connectivity index (χ2n) is 4.18. The minimum absolute atomic E-state index is 0.0125. The van der Waals surface area contributed by atoms with Crippen LogP contribution < -0.4 is 5.43 Å². The van der Waals surface area contributed by atoms with Crippen LogP contribution in [0.15, 0.2) is 23.9 Å². The third-order valence-corrected chi connectivity index (χ3v) is 3.15. The van der Waals surface area contributed by atoms with Gasteiger partial charge in [-0.2, -0.15) is 0 Å². The predicted molar refractivity (Wildman–Crippen MR) is 59.3 cm³/mol. The lowest BCUT2D eigenvalue weighted by atomic mass is 9.80. The molecule has 8 nitrogen and oxygen atoms in total. The number of aliphatic hydroxyl groups is 1. The Labute approximate surface area is 103 Å². The molecule has 0 atom stereocenters. The Balaban J connectivity index is 1.98. The van der Waals surface area contributed by atoms with E-state index in [4.69, 9.17) is 5.11 Å². The van der Waals surface area contributed by atoms with Crippen LogP contribution >= 0.6 is 0 Å². The summed E-state index contributed by atoms with van der Waals surface area (Å²) >= 11 is 0. The van der Waals surface area contributed by atoms with E-state index >= 15 is 0 Å². The van der Waals surface area contributed by atoms with Gasteiger partial charge in [0, 0.05) is 0 Å². The smallest absolute Gasteiger partial charge is 0.314 e. The van der Waals surface area contributed by atoms with E-state index in [9.17, 15) is 14.9 Å². The molecule has 2 N–H and O–H groups in total. The molecule has 0 spiro atoms. The highest BCUT2D eigenvalue weighted by Gasteiger charge is 2.41. The summed E-state index contributed by atoms with van der Waals surface area (Å²) in [6.07, 6.45) is 3.12. The first-order valence-corrected chi connectivity index (χ1v) is 5.40. The zero-order valence-electron chi connectivity index (χ0n) is 9.70. The number of carbonyl (C=O) groups is 1. The summed E-state index contributed by atoms with van der Waals surface area (Å²) in [5, 5.41) is 21.1. The molecular formula is C10H13N3O5. The van der Waals surface area contributed by atoms with Crippen molar-refractivity contribution in [3.05, 3.63) is 34.0 Å². The Morgan fingerprint density at radius 3 is 2.83 bits per heavy atom. The van der Waals surface area contributed by atoms with Crippen molar-refractivity contribution >= 4 is 5.97 Å². The topological polar surface area (TPSA) is 105 Å². The first-order valence-electron chi connectivity index (χ1n) is 5.40. The van der Waals surface area contributed by atoms with Crippen LogP contribution in [0.5, 0.6) is 0 Å². The van der Waals surface area contributed by atoms with E-state index in [-0.39, 0.29) is 29.3 Å². The van der Waals surface area contributed by atoms with Crippen molar-refractivity contribution in [2.45, 2.75) is 18.9 Å². The molecule has 1 fully saturated rings. The molecule has 0 aromatic carbocycles. The van der Waals surface area contributed by atoms with Gasteiger partial charge in [-0.15, -0.1) is 0 Å². The quantitative estimate of drug-likeness (QED) is 0.323. The van der Waals surface area contributed by atoms with E-state index in [2.05, 4.69) is 10.2 Å². The number of nitro groups is 1. The Morgan fingerprint density at radius 2 is 2.39 bits per heavy atom. The van der Waals surface area contributed by atoms with Gasteiger partial charge in [0.25, 0.3) is 0 Å². The molecule has 0 aromatic rings. The van der Waals surface area contributed by atoms with Crippen LogP contribution in [-0.4, -0.2) is 34.2 Å². The van der Waals surface area contributed by atoms with Crippen molar-refractivity contribution in [2.24, 2.45) is 5.92 Å². The van der Waals surface area contributed by atoms with E-state index in [1.54, 1.807) is 5.01 Å². The van der Waals surface area contributed by atoms with Gasteiger partial charge in [0.15, 0.2) is 5.70 Å². The molecule has 98 valence electrons. The van der Waals surface area contributed by atoms with Crippen molar-refractivity contribution in [3.63, 3.8) is 0 Å². The lowest BCUT2D eigenvalue weighted by Crippen LogP contribution is -2.48. The molecule has 2 rings (SSSR count). The lowest BCUT2D eigenvalue weighted by Gasteiger charge is -2.38. The van der Waals surface area contributed by atoms with Gasteiger partial charge in [0.1, 0.15) is 12.5 Å². The average Bonchev–Trinajstić information content (AvgIpc) is 2.70. The van der Waals surface area contributed by atoms with Gasteiger partial charge in [-0.1, -0.05) is 0 Å². The van der Waals surface area contributed by atoms with Gasteiger partial charge in [0.2, 0.25) is 0 Å². The van der Waals surface area contributed by atoms with Crippen LogP contribution in [0.3, 0.4) is 0 Å². The molecule has 0 saturated heterocycles. The number of carbonyl (C=O) groups excluding carboxylic acids is 1. The van der Waals surface area contributed by atoms with Crippen molar-refractivity contribution in [1.29, 1.82) is 0 Å². The van der Waals surface area contributed by atoms with Crippen LogP contribution in [-0.2, 0) is 9.53 Å². The summed E-state index contributed by atoms with van der Waals surface area (Å²) in [7, 11) is 1.33. The van der Waals surface area contributed by atoms with Gasteiger partial charge in [-0.05, 0) is 12.8 Å². The molecule has 0 amide bonds. The molecule has 1 saturated carbocycles. The monoisotopic (exact) mass is 255 g/mol. The first kappa shape index (κ1) is 12.2. The van der Waals surface area contributed by atoms with Crippen LogP contribution in [0.2, 0.25) is 0 Å². The zero-order chi connectivity index (χ0) is 13.3. The van der Waals surface area contributed by atoms with E-state index in [1.165, 1.54) is 13.3 Å². The molecule has 18 heavy (non-hydrogen) atoms. The maximum atomic E-state index is 11.2. The minimum atomic E-state index is -0.578. The molecule has 1 aliphatic carbocycles. The number of hydrazine groups is 1. The fourth-order valence-corrected chi connectivity index (χ4v) is 2.04. The normalized spacial score (nSPS) is 28.4. The van der Waals surface area contributed by atoms with E-state index in [1.807, 2.05) is 0 Å². The van der Waals surface area contributed by atoms with Crippen LogP contribution in [0, 0.1) is 16.0 Å². The van der Waals surface area contributed by atoms with Crippen molar-refractivity contribution < 1.29 is 19.6 Å². The van der Waals surface area contributed by atoms with E-state index in [0.29, 0.717) is 19.1 Å². The summed E-state index contributed by atoms with van der Waals surface area (Å²) < 4.78 is 4.61. The SMILES string of the molecule is COC(=O)C1CC(N2C=C([N+](=O)[O-])/C(=C/O)N2)C1. The zero-order valence-corrected chi connectivity index (χ0v) is 9.70. The van der Waals surface area contributed by atoms with Gasteiger partial charge in [0.05, 0.1) is 24.0 Å². The third-order valence-electron chi connectivity index (χ3n) is 3.15. The Bertz CT molecular complexity index is 439. The summed E-state index contributed by atoms with van der Waals surface area (Å²) in [4.78, 5) is 21.3. The molecule has 2 aliphatic rings. The standard InChI is InChI=1S/C10H13N3O5/c1-18-10(15)6-2-7(3-6)12-4-9(13(16)17)8(5-14)11-12/h4-7,11,14H,2-3H2,1H3/b8-5-. The van der Waals surface area contributed by atoms with Gasteiger partial charge >= 0.3 is 11.7 Å². The Kier molecular flexibility index (Phi) is 3.09. The number of methoxy groups -OCH3 is 1. The van der Waals surface area contributed by atoms with Crippen LogP contribution in [0.1, 0.15) is 12.8 Å².